The molecule has 5 amide bonds. The summed E-state index contributed by atoms with van der Waals surface area (Å²) >= 11 is 0. The van der Waals surface area contributed by atoms with Crippen molar-refractivity contribution in [2.75, 3.05) is 65.0 Å². The monoisotopic (exact) mass is 980 g/mol. The van der Waals surface area contributed by atoms with Crippen molar-refractivity contribution in [1.29, 1.82) is 0 Å². The number of aryl methyl sites for hydroxylation is 1. The van der Waals surface area contributed by atoms with E-state index in [1.807, 2.05) is 18.0 Å². The summed E-state index contributed by atoms with van der Waals surface area (Å²) in [5, 5.41) is 16.0. The highest BCUT2D eigenvalue weighted by atomic mass is 16.6. The van der Waals surface area contributed by atoms with Gasteiger partial charge in [-0.05, 0) is 114 Å². The van der Waals surface area contributed by atoms with Crippen molar-refractivity contribution in [2.24, 2.45) is 5.41 Å². The van der Waals surface area contributed by atoms with Crippen LogP contribution < -0.4 is 31.1 Å². The summed E-state index contributed by atoms with van der Waals surface area (Å²) in [6, 6.07) is 22.6. The smallest absolute Gasteiger partial charge is 0.357 e. The van der Waals surface area contributed by atoms with Crippen LogP contribution in [0.15, 0.2) is 79.0 Å². The second-order valence-electron chi connectivity index (χ2n) is 21.3. The van der Waals surface area contributed by atoms with Crippen LogP contribution in [-0.4, -0.2) is 111 Å². The third kappa shape index (κ3) is 11.5. The van der Waals surface area contributed by atoms with E-state index >= 15 is 0 Å². The van der Waals surface area contributed by atoms with Gasteiger partial charge in [0.25, 0.3) is 5.91 Å². The van der Waals surface area contributed by atoms with Crippen molar-refractivity contribution in [2.45, 2.75) is 116 Å². The first-order valence-corrected chi connectivity index (χ1v) is 25.2. The highest BCUT2D eigenvalue weighted by molar-refractivity contribution is 6.01. The third-order valence-corrected chi connectivity index (χ3v) is 14.4. The molecular weight excluding hydrogens is 915 g/mol. The maximum atomic E-state index is 14.1. The van der Waals surface area contributed by atoms with Gasteiger partial charge in [-0.3, -0.25) is 29.3 Å². The summed E-state index contributed by atoms with van der Waals surface area (Å²) in [6.45, 7) is 13.9. The van der Waals surface area contributed by atoms with E-state index in [0.29, 0.717) is 80.4 Å². The Hall–Kier alpha value is -7.37. The lowest BCUT2D eigenvalue weighted by Gasteiger charge is -2.26. The lowest BCUT2D eigenvalue weighted by molar-refractivity contribution is -0.133. The van der Waals surface area contributed by atoms with Gasteiger partial charge in [-0.15, -0.1) is 5.10 Å². The van der Waals surface area contributed by atoms with Gasteiger partial charge in [-0.1, -0.05) is 43.7 Å². The molecule has 0 aliphatic carbocycles. The minimum absolute atomic E-state index is 0.0397. The highest BCUT2D eigenvalue weighted by Crippen LogP contribution is 2.42. The van der Waals surface area contributed by atoms with Gasteiger partial charge in [0.15, 0.2) is 11.3 Å². The minimum Gasteiger partial charge on any atom is -0.455 e. The quantitative estimate of drug-likeness (QED) is 0.0472. The van der Waals surface area contributed by atoms with Gasteiger partial charge >= 0.3 is 5.97 Å². The standard InChI is InChI=1S/C54H65N11O7/c1-35-28-40(62-25-22-53(5,32-62)36-12-8-6-9-13-36)31-65-48(35)60-47(61-65)50(70)64-27-24-54(34-64)23-26-63(33-54)43-30-39(29-42(58-43)51(71)72-52(2,3)4)57-45(67)15-11-7-10-14-44(66)56-38-18-16-37(17-19-38)55-41-20-21-46(68)59-49(41)69/h6,8-9,12-13,16-19,28-31,41,55H,7,10-11,14-15,20-27,32-34H2,1-5H3,(H,56,66)(H,57,58,67)(H,59,68,69)/t41?,53-,54+/m0/s1. The molecule has 0 bridgehead atoms. The molecule has 2 aromatic carbocycles. The number of rotatable bonds is 15. The van der Waals surface area contributed by atoms with Crippen molar-refractivity contribution >= 4 is 69.7 Å². The number of unbranched alkanes of at least 4 members (excludes halogenated alkanes) is 2. The molecule has 378 valence electrons. The van der Waals surface area contributed by atoms with Crippen molar-refractivity contribution in [1.82, 2.24) is 29.8 Å². The third-order valence-electron chi connectivity index (χ3n) is 14.4. The van der Waals surface area contributed by atoms with Crippen LogP contribution in [0.4, 0.5) is 28.6 Å². The SMILES string of the molecule is Cc1cc(N2CC[C@](C)(c3ccccc3)C2)cn2nc(C(=O)N3CC[C@@]4(CCN(c5cc(NC(=O)CCCCCC(=O)Nc6ccc(NC7CCC(=O)NC7=O)cc6)cc(C(=O)OC(C)(C)C)n5)C4)C3)nc12. The summed E-state index contributed by atoms with van der Waals surface area (Å²) in [5.74, 6) is -1.09. The highest BCUT2D eigenvalue weighted by Gasteiger charge is 2.46. The van der Waals surface area contributed by atoms with Crippen LogP contribution >= 0.6 is 0 Å². The Balaban J connectivity index is 0.775. The fraction of sp³-hybridized carbons (Fsp3) is 0.463. The predicted octanol–water partition coefficient (Wildman–Crippen LogP) is 7.04. The molecule has 18 heteroatoms. The molecule has 1 unspecified atom stereocenters. The molecule has 3 atom stereocenters. The molecule has 4 N–H and O–H groups in total. The topological polar surface area (TPSA) is 213 Å². The van der Waals surface area contributed by atoms with E-state index in [9.17, 15) is 28.8 Å². The van der Waals surface area contributed by atoms with Crippen LogP contribution in [0.2, 0.25) is 0 Å². The van der Waals surface area contributed by atoms with Crippen LogP contribution in [0.1, 0.15) is 124 Å². The summed E-state index contributed by atoms with van der Waals surface area (Å²) in [7, 11) is 0. The van der Waals surface area contributed by atoms with Gasteiger partial charge < -0.3 is 35.4 Å². The number of fused-ring (bicyclic) bond motifs is 1. The summed E-state index contributed by atoms with van der Waals surface area (Å²) < 4.78 is 7.45. The van der Waals surface area contributed by atoms with Gasteiger partial charge in [0.1, 0.15) is 17.5 Å². The first-order valence-electron chi connectivity index (χ1n) is 25.2. The first kappa shape index (κ1) is 49.6. The molecule has 72 heavy (non-hydrogen) atoms. The average molecular weight is 980 g/mol. The fourth-order valence-electron chi connectivity index (χ4n) is 10.4. The van der Waals surface area contributed by atoms with Crippen LogP contribution in [0.25, 0.3) is 5.65 Å². The lowest BCUT2D eigenvalue weighted by atomic mass is 9.82. The minimum atomic E-state index is -0.760. The van der Waals surface area contributed by atoms with E-state index in [0.717, 1.165) is 43.6 Å². The van der Waals surface area contributed by atoms with E-state index in [2.05, 4.69) is 74.4 Å². The molecule has 5 aromatic rings. The number of ether oxygens (including phenoxy) is 1. The number of carbonyl (C=O) groups is 6. The van der Waals surface area contributed by atoms with E-state index in [1.54, 1.807) is 61.7 Å². The molecule has 4 aliphatic heterocycles. The number of anilines is 5. The van der Waals surface area contributed by atoms with Crippen LogP contribution in [0.5, 0.6) is 0 Å². The molecule has 4 aliphatic rings. The molecule has 0 radical (unpaired) electrons. The molecule has 9 rings (SSSR count). The number of carbonyl (C=O) groups excluding carboxylic acids is 6. The van der Waals surface area contributed by atoms with Crippen LogP contribution in [0, 0.1) is 12.3 Å². The first-order chi connectivity index (χ1) is 34.4. The Labute approximate surface area is 419 Å². The van der Waals surface area contributed by atoms with Gasteiger partial charge in [0.2, 0.25) is 29.5 Å². The number of nitrogens with one attached hydrogen (secondary N) is 4. The Morgan fingerprint density at radius 3 is 2.21 bits per heavy atom. The number of aromatic nitrogens is 4. The molecule has 1 spiro atoms. The molecule has 7 heterocycles. The molecule has 4 saturated heterocycles. The number of imide groups is 1. The molecule has 18 nitrogen and oxygen atoms in total. The molecular formula is C54H65N11O7. The van der Waals surface area contributed by atoms with Crippen molar-refractivity contribution in [3.8, 4) is 0 Å². The van der Waals surface area contributed by atoms with E-state index in [1.165, 1.54) is 5.56 Å². The Morgan fingerprint density at radius 1 is 0.792 bits per heavy atom. The average Bonchev–Trinajstić information content (AvgIpc) is 4.17. The number of nitrogens with zero attached hydrogens (tertiary/aromatic N) is 7. The van der Waals surface area contributed by atoms with Gasteiger partial charge in [0, 0.05) is 92.5 Å². The molecule has 4 fully saturated rings. The van der Waals surface area contributed by atoms with Gasteiger partial charge in [-0.25, -0.2) is 19.3 Å². The van der Waals surface area contributed by atoms with Crippen molar-refractivity contribution in [3.63, 3.8) is 0 Å². The second kappa shape index (κ2) is 20.4. The number of benzene rings is 2. The Morgan fingerprint density at radius 2 is 1.49 bits per heavy atom. The second-order valence-corrected chi connectivity index (χ2v) is 21.3. The van der Waals surface area contributed by atoms with Gasteiger partial charge in [-0.2, -0.15) is 0 Å². The zero-order valence-corrected chi connectivity index (χ0v) is 41.9. The van der Waals surface area contributed by atoms with Crippen LogP contribution in [-0.2, 0) is 29.3 Å². The van der Waals surface area contributed by atoms with E-state index in [4.69, 9.17) is 19.8 Å². The number of amides is 5. The summed E-state index contributed by atoms with van der Waals surface area (Å²) in [4.78, 5) is 92.8. The van der Waals surface area contributed by atoms with Crippen molar-refractivity contribution in [3.05, 3.63) is 102 Å². The number of pyridine rings is 2. The van der Waals surface area contributed by atoms with Crippen molar-refractivity contribution < 1.29 is 33.5 Å². The number of esters is 1. The zero-order valence-electron chi connectivity index (χ0n) is 41.9. The molecule has 3 aromatic heterocycles. The number of hydrogen-bond donors (Lipinski definition) is 4. The van der Waals surface area contributed by atoms with E-state index < -0.39 is 17.6 Å². The largest absolute Gasteiger partial charge is 0.455 e. The zero-order chi connectivity index (χ0) is 50.8. The number of piperidine rings is 1. The fourth-order valence-corrected chi connectivity index (χ4v) is 10.4. The maximum Gasteiger partial charge on any atom is 0.357 e. The predicted molar refractivity (Wildman–Crippen MR) is 274 cm³/mol. The van der Waals surface area contributed by atoms with Gasteiger partial charge in [0.05, 0.1) is 11.9 Å². The Kier molecular flexibility index (Phi) is 14.0. The lowest BCUT2D eigenvalue weighted by Crippen LogP contribution is -2.47. The summed E-state index contributed by atoms with van der Waals surface area (Å²) in [6.07, 6.45) is 7.60. The van der Waals surface area contributed by atoms with Crippen LogP contribution in [0.3, 0.4) is 0 Å². The van der Waals surface area contributed by atoms with E-state index in [-0.39, 0.29) is 71.1 Å². The molecule has 0 saturated carbocycles. The Bertz CT molecular complexity index is 2880. The summed E-state index contributed by atoms with van der Waals surface area (Å²) in [5.41, 5.74) is 4.92. The number of likely N-dealkylation sites (tertiary alicyclic amines) is 1. The number of hydrogen-bond acceptors (Lipinski definition) is 13. The normalized spacial score (nSPS) is 21.1. The maximum absolute atomic E-state index is 14.1.